The highest BCUT2D eigenvalue weighted by Gasteiger charge is 2.18. The molecule has 2 heterocycles. The molecule has 6 heteroatoms. The monoisotopic (exact) mass is 379 g/mol. The van der Waals surface area contributed by atoms with Crippen LogP contribution in [0.3, 0.4) is 0 Å². The van der Waals surface area contributed by atoms with E-state index in [0.29, 0.717) is 5.82 Å². The molecule has 0 spiro atoms. The molecule has 4 aromatic rings. The standard InChI is InChI=1S/C21H18FN3OS/c1-12-4-9-17(26-3)16(10-12)25-20-19-18(14-5-7-15(22)8-6-14)13(2)27-21(19)24-11-23-20/h4-11H,1-3H3,(H,23,24,25). The Labute approximate surface area is 160 Å². The molecule has 136 valence electrons. The molecular weight excluding hydrogens is 361 g/mol. The number of hydrogen-bond donors (Lipinski definition) is 1. The second-order valence-corrected chi connectivity index (χ2v) is 7.47. The van der Waals surface area contributed by atoms with Crippen molar-refractivity contribution >= 4 is 33.1 Å². The molecule has 0 aliphatic heterocycles. The summed E-state index contributed by atoms with van der Waals surface area (Å²) in [7, 11) is 1.64. The summed E-state index contributed by atoms with van der Waals surface area (Å²) in [6.07, 6.45) is 1.55. The summed E-state index contributed by atoms with van der Waals surface area (Å²) >= 11 is 1.60. The molecular formula is C21H18FN3OS. The van der Waals surface area contributed by atoms with E-state index in [1.165, 1.54) is 12.1 Å². The van der Waals surface area contributed by atoms with Gasteiger partial charge >= 0.3 is 0 Å². The summed E-state index contributed by atoms with van der Waals surface area (Å²) in [6.45, 7) is 4.07. The minimum atomic E-state index is -0.255. The summed E-state index contributed by atoms with van der Waals surface area (Å²) in [6, 6.07) is 12.5. The molecule has 0 saturated carbocycles. The highest BCUT2D eigenvalue weighted by molar-refractivity contribution is 7.19. The number of thiophene rings is 1. The lowest BCUT2D eigenvalue weighted by Gasteiger charge is -2.13. The molecule has 27 heavy (non-hydrogen) atoms. The van der Waals surface area contributed by atoms with Crippen LogP contribution in [0.5, 0.6) is 5.75 Å². The number of methoxy groups -OCH3 is 1. The smallest absolute Gasteiger partial charge is 0.143 e. The molecule has 2 aromatic carbocycles. The third kappa shape index (κ3) is 3.24. The Hall–Kier alpha value is -2.99. The normalized spacial score (nSPS) is 11.0. The molecule has 4 rings (SSSR count). The first-order chi connectivity index (χ1) is 13.1. The van der Waals surface area contributed by atoms with E-state index in [1.807, 2.05) is 32.0 Å². The fourth-order valence-electron chi connectivity index (χ4n) is 3.15. The molecule has 0 radical (unpaired) electrons. The zero-order valence-electron chi connectivity index (χ0n) is 15.2. The zero-order chi connectivity index (χ0) is 19.0. The number of aromatic nitrogens is 2. The van der Waals surface area contributed by atoms with Gasteiger partial charge in [-0.05, 0) is 49.2 Å². The molecule has 0 atom stereocenters. The third-order valence-electron chi connectivity index (χ3n) is 4.41. The quantitative estimate of drug-likeness (QED) is 0.482. The van der Waals surface area contributed by atoms with Gasteiger partial charge in [0.25, 0.3) is 0 Å². The first kappa shape index (κ1) is 17.4. The van der Waals surface area contributed by atoms with Gasteiger partial charge in [0.1, 0.15) is 28.5 Å². The van der Waals surface area contributed by atoms with Crippen LogP contribution in [-0.2, 0) is 0 Å². The van der Waals surface area contributed by atoms with Crippen molar-refractivity contribution in [3.63, 3.8) is 0 Å². The molecule has 0 amide bonds. The van der Waals surface area contributed by atoms with Crippen LogP contribution in [0.2, 0.25) is 0 Å². The van der Waals surface area contributed by atoms with Crippen molar-refractivity contribution in [3.05, 3.63) is 65.0 Å². The molecule has 0 fully saturated rings. The summed E-state index contributed by atoms with van der Waals surface area (Å²) in [4.78, 5) is 10.9. The summed E-state index contributed by atoms with van der Waals surface area (Å²) in [5.41, 5.74) is 3.91. The largest absolute Gasteiger partial charge is 0.495 e. The lowest BCUT2D eigenvalue weighted by atomic mass is 10.0. The van der Waals surface area contributed by atoms with E-state index in [-0.39, 0.29) is 5.82 Å². The van der Waals surface area contributed by atoms with Crippen LogP contribution >= 0.6 is 11.3 Å². The highest BCUT2D eigenvalue weighted by Crippen LogP contribution is 2.41. The van der Waals surface area contributed by atoms with Crippen molar-refractivity contribution < 1.29 is 9.13 Å². The van der Waals surface area contributed by atoms with Crippen LogP contribution in [-0.4, -0.2) is 17.1 Å². The van der Waals surface area contributed by atoms with E-state index >= 15 is 0 Å². The maximum Gasteiger partial charge on any atom is 0.143 e. The van der Waals surface area contributed by atoms with E-state index in [2.05, 4.69) is 15.3 Å². The summed E-state index contributed by atoms with van der Waals surface area (Å²) in [5.74, 6) is 1.19. The number of ether oxygens (including phenoxy) is 1. The number of nitrogens with one attached hydrogen (secondary N) is 1. The van der Waals surface area contributed by atoms with Gasteiger partial charge in [-0.3, -0.25) is 0 Å². The van der Waals surface area contributed by atoms with Gasteiger partial charge in [-0.15, -0.1) is 11.3 Å². The minimum absolute atomic E-state index is 0.255. The first-order valence-electron chi connectivity index (χ1n) is 8.48. The molecule has 2 aromatic heterocycles. The van der Waals surface area contributed by atoms with Crippen molar-refractivity contribution in [1.82, 2.24) is 9.97 Å². The number of fused-ring (bicyclic) bond motifs is 1. The number of rotatable bonds is 4. The van der Waals surface area contributed by atoms with Crippen LogP contribution in [0.15, 0.2) is 48.8 Å². The van der Waals surface area contributed by atoms with Crippen molar-refractivity contribution in [2.75, 3.05) is 12.4 Å². The van der Waals surface area contributed by atoms with Crippen molar-refractivity contribution in [2.24, 2.45) is 0 Å². The zero-order valence-corrected chi connectivity index (χ0v) is 16.0. The van der Waals surface area contributed by atoms with Gasteiger partial charge in [0.05, 0.1) is 18.2 Å². The van der Waals surface area contributed by atoms with Gasteiger partial charge in [-0.1, -0.05) is 18.2 Å². The molecule has 4 nitrogen and oxygen atoms in total. The SMILES string of the molecule is COc1ccc(C)cc1Nc1ncnc2sc(C)c(-c3ccc(F)cc3)c12. The molecule has 0 saturated heterocycles. The molecule has 0 aliphatic rings. The molecule has 1 N–H and O–H groups in total. The minimum Gasteiger partial charge on any atom is -0.495 e. The van der Waals surface area contributed by atoms with Gasteiger partial charge < -0.3 is 10.1 Å². The third-order valence-corrected chi connectivity index (χ3v) is 5.42. The predicted octanol–water partition coefficient (Wildman–Crippen LogP) is 5.87. The number of benzene rings is 2. The van der Waals surface area contributed by atoms with Crippen molar-refractivity contribution in [3.8, 4) is 16.9 Å². The van der Waals surface area contributed by atoms with Crippen LogP contribution in [0.4, 0.5) is 15.9 Å². The van der Waals surface area contributed by atoms with Crippen molar-refractivity contribution in [2.45, 2.75) is 13.8 Å². The topological polar surface area (TPSA) is 47.0 Å². The van der Waals surface area contributed by atoms with E-state index < -0.39 is 0 Å². The number of halogens is 1. The van der Waals surface area contributed by atoms with Gasteiger partial charge in [-0.25, -0.2) is 14.4 Å². The number of aryl methyl sites for hydroxylation is 2. The maximum atomic E-state index is 13.4. The van der Waals surface area contributed by atoms with E-state index in [9.17, 15) is 4.39 Å². The van der Waals surface area contributed by atoms with Gasteiger partial charge in [-0.2, -0.15) is 0 Å². The molecule has 0 bridgehead atoms. The average Bonchev–Trinajstić information content (AvgIpc) is 2.99. The Bertz CT molecular complexity index is 1120. The van der Waals surface area contributed by atoms with Gasteiger partial charge in [0, 0.05) is 10.4 Å². The van der Waals surface area contributed by atoms with Crippen LogP contribution in [0.1, 0.15) is 10.4 Å². The van der Waals surface area contributed by atoms with Crippen molar-refractivity contribution in [1.29, 1.82) is 0 Å². The highest BCUT2D eigenvalue weighted by atomic mass is 32.1. The van der Waals surface area contributed by atoms with Gasteiger partial charge in [0.2, 0.25) is 0 Å². The van der Waals surface area contributed by atoms with Crippen LogP contribution < -0.4 is 10.1 Å². The summed E-state index contributed by atoms with van der Waals surface area (Å²) in [5, 5.41) is 4.32. The second kappa shape index (κ2) is 6.96. The number of hydrogen-bond acceptors (Lipinski definition) is 5. The lowest BCUT2D eigenvalue weighted by molar-refractivity contribution is 0.416. The molecule has 0 unspecified atom stereocenters. The number of nitrogens with zero attached hydrogens (tertiary/aromatic N) is 2. The van der Waals surface area contributed by atoms with Gasteiger partial charge in [0.15, 0.2) is 0 Å². The fraction of sp³-hybridized carbons (Fsp3) is 0.143. The first-order valence-corrected chi connectivity index (χ1v) is 9.30. The second-order valence-electron chi connectivity index (χ2n) is 6.27. The summed E-state index contributed by atoms with van der Waals surface area (Å²) < 4.78 is 18.9. The van der Waals surface area contributed by atoms with E-state index in [4.69, 9.17) is 4.74 Å². The Kier molecular flexibility index (Phi) is 4.49. The Morgan fingerprint density at radius 3 is 2.56 bits per heavy atom. The Balaban J connectivity index is 1.90. The van der Waals surface area contributed by atoms with Crippen LogP contribution in [0, 0.1) is 19.7 Å². The van der Waals surface area contributed by atoms with E-state index in [1.54, 1.807) is 36.9 Å². The predicted molar refractivity (Wildman–Crippen MR) is 109 cm³/mol. The Morgan fingerprint density at radius 1 is 1.04 bits per heavy atom. The number of anilines is 2. The molecule has 0 aliphatic carbocycles. The average molecular weight is 379 g/mol. The van der Waals surface area contributed by atoms with E-state index in [0.717, 1.165) is 43.2 Å². The van der Waals surface area contributed by atoms with Crippen LogP contribution in [0.25, 0.3) is 21.3 Å². The maximum absolute atomic E-state index is 13.4. The Morgan fingerprint density at radius 2 is 1.81 bits per heavy atom. The fourth-order valence-corrected chi connectivity index (χ4v) is 4.16. The lowest BCUT2D eigenvalue weighted by Crippen LogP contribution is -1.98.